The van der Waals surface area contributed by atoms with Gasteiger partial charge >= 0.3 is 5.97 Å². The minimum atomic E-state index is -0.992. The van der Waals surface area contributed by atoms with E-state index >= 15 is 0 Å². The molecule has 0 unspecified atom stereocenters. The molecule has 0 saturated carbocycles. The Morgan fingerprint density at radius 3 is 2.77 bits per heavy atom. The fourth-order valence-electron chi connectivity index (χ4n) is 5.05. The lowest BCUT2D eigenvalue weighted by molar-refractivity contribution is 0.0444. The highest BCUT2D eigenvalue weighted by atomic mass is 35.5. The number of ether oxygens (including phenoxy) is 2. The number of aromatic nitrogens is 3. The Morgan fingerprint density at radius 1 is 1.18 bits per heavy atom. The van der Waals surface area contributed by atoms with Crippen LogP contribution in [0.4, 0.5) is 4.39 Å². The molecule has 1 aliphatic rings. The Bertz CT molecular complexity index is 1510. The minimum absolute atomic E-state index is 0.0124. The maximum atomic E-state index is 14.1. The first-order valence-corrected chi connectivity index (χ1v) is 13.4. The average molecular weight is 569 g/mol. The number of carboxylic acids is 1. The van der Waals surface area contributed by atoms with Crippen molar-refractivity contribution < 1.29 is 28.9 Å². The van der Waals surface area contributed by atoms with Crippen LogP contribution in [0.1, 0.15) is 39.8 Å². The summed E-state index contributed by atoms with van der Waals surface area (Å²) in [5, 5.41) is 20.8. The highest BCUT2D eigenvalue weighted by Crippen LogP contribution is 2.30. The van der Waals surface area contributed by atoms with E-state index in [1.807, 2.05) is 16.7 Å². The van der Waals surface area contributed by atoms with Gasteiger partial charge in [-0.15, -0.1) is 0 Å². The van der Waals surface area contributed by atoms with Gasteiger partial charge in [0.15, 0.2) is 0 Å². The van der Waals surface area contributed by atoms with E-state index in [1.54, 1.807) is 43.5 Å². The molecule has 5 rings (SSSR count). The van der Waals surface area contributed by atoms with E-state index in [0.29, 0.717) is 61.2 Å². The summed E-state index contributed by atoms with van der Waals surface area (Å²) in [6.45, 7) is 2.61. The lowest BCUT2D eigenvalue weighted by Gasteiger charge is -2.35. The van der Waals surface area contributed by atoms with Gasteiger partial charge in [0.1, 0.15) is 18.2 Å². The van der Waals surface area contributed by atoms with Crippen LogP contribution >= 0.6 is 11.6 Å². The van der Waals surface area contributed by atoms with Crippen LogP contribution in [0.5, 0.6) is 5.88 Å². The van der Waals surface area contributed by atoms with E-state index in [9.17, 15) is 19.4 Å². The standard InChI is InChI=1S/C29H30ClFN4O5/c1-39-12-11-35-25-13-18(29(37)38)6-8-24(25)32-27(35)16-34-10-9-21(26(36)15-34)23-3-2-4-28(33-23)40-17-19-5-7-20(30)14-22(19)31/h2-8,13-14,21,26,36H,9-12,15-17H2,1H3,(H,37,38)/t21-,26+/m1/s1. The Balaban J connectivity index is 1.26. The molecule has 1 fully saturated rings. The number of β-amino-alcohol motifs (C(OH)–C–C–N with tert-alkyl or cyclic N) is 1. The molecule has 3 heterocycles. The monoisotopic (exact) mass is 568 g/mol. The van der Waals surface area contributed by atoms with Crippen molar-refractivity contribution in [1.29, 1.82) is 0 Å². The molecule has 11 heteroatoms. The van der Waals surface area contributed by atoms with Gasteiger partial charge in [-0.1, -0.05) is 23.7 Å². The SMILES string of the molecule is COCCn1c(CN2CC[C@H](c3cccc(OCc4ccc(Cl)cc4F)n3)[C@@H](O)C2)nc2ccc(C(=O)O)cc21. The smallest absolute Gasteiger partial charge is 0.335 e. The molecule has 2 aromatic carbocycles. The number of fused-ring (bicyclic) bond motifs is 1. The molecular formula is C29H30ClFN4O5. The van der Waals surface area contributed by atoms with E-state index in [4.69, 9.17) is 26.1 Å². The van der Waals surface area contributed by atoms with Crippen molar-refractivity contribution in [3.8, 4) is 5.88 Å². The van der Waals surface area contributed by atoms with E-state index in [0.717, 1.165) is 17.0 Å². The summed E-state index contributed by atoms with van der Waals surface area (Å²) >= 11 is 5.82. The van der Waals surface area contributed by atoms with Crippen LogP contribution in [0.2, 0.25) is 5.02 Å². The molecule has 210 valence electrons. The molecule has 0 spiro atoms. The third-order valence-electron chi connectivity index (χ3n) is 7.14. The number of hydrogen-bond donors (Lipinski definition) is 2. The molecule has 0 bridgehead atoms. The molecule has 9 nitrogen and oxygen atoms in total. The van der Waals surface area contributed by atoms with Gasteiger partial charge in [-0.25, -0.2) is 19.2 Å². The van der Waals surface area contributed by atoms with Gasteiger partial charge in [0.05, 0.1) is 41.5 Å². The van der Waals surface area contributed by atoms with Crippen molar-refractivity contribution in [3.05, 3.63) is 88.1 Å². The quantitative estimate of drug-likeness (QED) is 0.288. The molecule has 0 aliphatic carbocycles. The Labute approximate surface area is 235 Å². The molecule has 40 heavy (non-hydrogen) atoms. The molecule has 2 atom stereocenters. The van der Waals surface area contributed by atoms with Crippen molar-refractivity contribution >= 4 is 28.6 Å². The Kier molecular flexibility index (Phi) is 8.60. The topological polar surface area (TPSA) is 110 Å². The molecule has 0 amide bonds. The largest absolute Gasteiger partial charge is 0.478 e. The van der Waals surface area contributed by atoms with Crippen molar-refractivity contribution in [3.63, 3.8) is 0 Å². The minimum Gasteiger partial charge on any atom is -0.478 e. The zero-order valence-electron chi connectivity index (χ0n) is 22.0. The van der Waals surface area contributed by atoms with Crippen LogP contribution in [0, 0.1) is 5.82 Å². The number of rotatable bonds is 10. The van der Waals surface area contributed by atoms with Gasteiger partial charge in [-0.2, -0.15) is 0 Å². The van der Waals surface area contributed by atoms with Crippen LogP contribution in [0.15, 0.2) is 54.6 Å². The first kappa shape index (κ1) is 28.0. The average Bonchev–Trinajstić information content (AvgIpc) is 3.27. The number of pyridine rings is 1. The van der Waals surface area contributed by atoms with Gasteiger partial charge in [0.2, 0.25) is 5.88 Å². The lowest BCUT2D eigenvalue weighted by Crippen LogP contribution is -2.43. The molecular weight excluding hydrogens is 539 g/mol. The first-order chi connectivity index (χ1) is 19.3. The third kappa shape index (κ3) is 6.26. The van der Waals surface area contributed by atoms with E-state index in [2.05, 4.69) is 9.88 Å². The highest BCUT2D eigenvalue weighted by molar-refractivity contribution is 6.30. The second kappa shape index (κ2) is 12.3. The number of piperidine rings is 1. The van der Waals surface area contributed by atoms with E-state index in [-0.39, 0.29) is 18.1 Å². The van der Waals surface area contributed by atoms with Gasteiger partial charge < -0.3 is 24.3 Å². The molecule has 1 saturated heterocycles. The summed E-state index contributed by atoms with van der Waals surface area (Å²) in [5.41, 5.74) is 2.74. The Hall–Kier alpha value is -3.57. The fraction of sp³-hybridized carbons (Fsp3) is 0.345. The number of methoxy groups -OCH3 is 1. The molecule has 0 radical (unpaired) electrons. The van der Waals surface area contributed by atoms with Crippen molar-refractivity contribution in [2.24, 2.45) is 0 Å². The number of aliphatic hydroxyl groups excluding tert-OH is 1. The number of benzene rings is 2. The summed E-state index contributed by atoms with van der Waals surface area (Å²) in [4.78, 5) is 23.0. The second-order valence-corrected chi connectivity index (χ2v) is 10.2. The number of aromatic carboxylic acids is 1. The van der Waals surface area contributed by atoms with Crippen LogP contribution in [0.25, 0.3) is 11.0 Å². The maximum absolute atomic E-state index is 14.1. The van der Waals surface area contributed by atoms with Crippen molar-refractivity contribution in [2.45, 2.75) is 38.1 Å². The zero-order chi connectivity index (χ0) is 28.2. The van der Waals surface area contributed by atoms with Crippen molar-refractivity contribution in [1.82, 2.24) is 19.4 Å². The van der Waals surface area contributed by atoms with Crippen LogP contribution in [0.3, 0.4) is 0 Å². The third-order valence-corrected chi connectivity index (χ3v) is 7.38. The van der Waals surface area contributed by atoms with Crippen LogP contribution < -0.4 is 4.74 Å². The molecule has 2 N–H and O–H groups in total. The predicted octanol–water partition coefficient (Wildman–Crippen LogP) is 4.50. The number of hydrogen-bond acceptors (Lipinski definition) is 7. The number of halogens is 2. The van der Waals surface area contributed by atoms with E-state index < -0.39 is 17.9 Å². The first-order valence-electron chi connectivity index (χ1n) is 13.0. The zero-order valence-corrected chi connectivity index (χ0v) is 22.7. The highest BCUT2D eigenvalue weighted by Gasteiger charge is 2.31. The van der Waals surface area contributed by atoms with Crippen molar-refractivity contribution in [2.75, 3.05) is 26.8 Å². The summed E-state index contributed by atoms with van der Waals surface area (Å²) in [5.74, 6) is -0.479. The Morgan fingerprint density at radius 2 is 2.02 bits per heavy atom. The maximum Gasteiger partial charge on any atom is 0.335 e. The predicted molar refractivity (Wildman–Crippen MR) is 147 cm³/mol. The van der Waals surface area contributed by atoms with Gasteiger partial charge in [0, 0.05) is 42.8 Å². The summed E-state index contributed by atoms with van der Waals surface area (Å²) < 4.78 is 27.1. The second-order valence-electron chi connectivity index (χ2n) is 9.80. The van der Waals surface area contributed by atoms with Gasteiger partial charge in [-0.05, 0) is 49.4 Å². The molecule has 1 aliphatic heterocycles. The van der Waals surface area contributed by atoms with Gasteiger partial charge in [-0.3, -0.25) is 4.90 Å². The molecule has 2 aromatic heterocycles. The molecule has 4 aromatic rings. The number of likely N-dealkylation sites (tertiary alicyclic amines) is 1. The summed E-state index contributed by atoms with van der Waals surface area (Å²) in [7, 11) is 1.62. The number of aliphatic hydroxyl groups is 1. The number of nitrogens with zero attached hydrogens (tertiary/aromatic N) is 4. The van der Waals surface area contributed by atoms with E-state index in [1.165, 1.54) is 6.07 Å². The van der Waals surface area contributed by atoms with Crippen LogP contribution in [-0.4, -0.2) is 68.5 Å². The fourth-order valence-corrected chi connectivity index (χ4v) is 5.21. The number of imidazole rings is 1. The summed E-state index contributed by atoms with van der Waals surface area (Å²) in [6.07, 6.45) is 0.00544. The van der Waals surface area contributed by atoms with Gasteiger partial charge in [0.25, 0.3) is 0 Å². The summed E-state index contributed by atoms with van der Waals surface area (Å²) in [6, 6.07) is 14.7. The number of carboxylic acid groups (broad SMARTS) is 1. The normalized spacial score (nSPS) is 17.8. The number of carbonyl (C=O) groups is 1. The lowest BCUT2D eigenvalue weighted by atomic mass is 9.90. The van der Waals surface area contributed by atoms with Crippen LogP contribution in [-0.2, 0) is 24.4 Å².